The highest BCUT2D eigenvalue weighted by atomic mass is 16.2. The summed E-state index contributed by atoms with van der Waals surface area (Å²) in [6.45, 7) is 5.46. The van der Waals surface area contributed by atoms with Crippen molar-refractivity contribution in [1.29, 1.82) is 0 Å². The molecule has 0 saturated heterocycles. The lowest BCUT2D eigenvalue weighted by Gasteiger charge is -1.99. The van der Waals surface area contributed by atoms with E-state index in [2.05, 4.69) is 5.10 Å². The first-order valence-electron chi connectivity index (χ1n) is 3.47. The average molecular weight is 156 g/mol. The van der Waals surface area contributed by atoms with Gasteiger partial charge in [-0.1, -0.05) is 0 Å². The zero-order valence-electron chi connectivity index (χ0n) is 6.90. The maximum absolute atomic E-state index is 11.2. The van der Waals surface area contributed by atoms with Crippen molar-refractivity contribution in [1.82, 2.24) is 14.5 Å². The quantitative estimate of drug-likeness (QED) is 0.565. The molecule has 0 fully saturated rings. The summed E-state index contributed by atoms with van der Waals surface area (Å²) in [6, 6.07) is 0.0611. The molecule has 5 nitrogen and oxygen atoms in total. The van der Waals surface area contributed by atoms with Gasteiger partial charge in [0.1, 0.15) is 5.82 Å². The normalized spacial score (nSPS) is 10.9. The number of nitrogen functional groups attached to an aromatic ring is 1. The minimum Gasteiger partial charge on any atom is -0.333 e. The van der Waals surface area contributed by atoms with E-state index in [0.717, 1.165) is 4.68 Å². The molecule has 0 atom stereocenters. The van der Waals surface area contributed by atoms with Gasteiger partial charge in [-0.25, -0.2) is 9.48 Å². The van der Waals surface area contributed by atoms with Gasteiger partial charge >= 0.3 is 5.69 Å². The second-order valence-electron chi connectivity index (χ2n) is 2.74. The Bertz CT molecular complexity index is 309. The van der Waals surface area contributed by atoms with Crippen molar-refractivity contribution in [3.63, 3.8) is 0 Å². The summed E-state index contributed by atoms with van der Waals surface area (Å²) in [4.78, 5) is 11.2. The van der Waals surface area contributed by atoms with Crippen molar-refractivity contribution in [2.75, 3.05) is 5.84 Å². The van der Waals surface area contributed by atoms with Crippen LogP contribution in [0.5, 0.6) is 0 Å². The zero-order valence-corrected chi connectivity index (χ0v) is 6.90. The van der Waals surface area contributed by atoms with Gasteiger partial charge in [0.15, 0.2) is 0 Å². The van der Waals surface area contributed by atoms with Crippen molar-refractivity contribution >= 4 is 0 Å². The number of nitrogens with two attached hydrogens (primary N) is 1. The van der Waals surface area contributed by atoms with E-state index in [1.165, 1.54) is 4.68 Å². The predicted molar refractivity (Wildman–Crippen MR) is 41.8 cm³/mol. The zero-order chi connectivity index (χ0) is 8.59. The fourth-order valence-corrected chi connectivity index (χ4v) is 0.832. The Morgan fingerprint density at radius 1 is 1.55 bits per heavy atom. The maximum atomic E-state index is 11.2. The fourth-order valence-electron chi connectivity index (χ4n) is 0.832. The Hall–Kier alpha value is -1.26. The number of aryl methyl sites for hydroxylation is 1. The lowest BCUT2D eigenvalue weighted by atomic mass is 10.4. The second-order valence-corrected chi connectivity index (χ2v) is 2.74. The topological polar surface area (TPSA) is 65.8 Å². The van der Waals surface area contributed by atoms with Crippen molar-refractivity contribution in [3.8, 4) is 0 Å². The molecule has 0 aliphatic carbocycles. The fraction of sp³-hybridized carbons (Fsp3) is 0.667. The molecule has 1 aromatic heterocycles. The Labute approximate surface area is 64.4 Å². The number of hydrogen-bond donors (Lipinski definition) is 1. The van der Waals surface area contributed by atoms with Gasteiger partial charge < -0.3 is 5.84 Å². The molecule has 0 radical (unpaired) electrons. The van der Waals surface area contributed by atoms with E-state index in [-0.39, 0.29) is 11.7 Å². The number of nitrogens with zero attached hydrogens (tertiary/aromatic N) is 3. The van der Waals surface area contributed by atoms with Crippen LogP contribution in [-0.4, -0.2) is 14.5 Å². The lowest BCUT2D eigenvalue weighted by Crippen LogP contribution is -2.31. The Balaban J connectivity index is 3.30. The molecule has 1 heterocycles. The predicted octanol–water partition coefficient (Wildman–Crippen LogP) is -0.352. The monoisotopic (exact) mass is 156 g/mol. The van der Waals surface area contributed by atoms with E-state index in [9.17, 15) is 4.79 Å². The molecule has 1 aromatic rings. The molecule has 0 aliphatic rings. The van der Waals surface area contributed by atoms with Crippen LogP contribution < -0.4 is 11.5 Å². The molecule has 0 aromatic carbocycles. The largest absolute Gasteiger partial charge is 0.364 e. The lowest BCUT2D eigenvalue weighted by molar-refractivity contribution is 0.508. The van der Waals surface area contributed by atoms with Crippen LogP contribution in [0.3, 0.4) is 0 Å². The molecular weight excluding hydrogens is 144 g/mol. The third kappa shape index (κ3) is 1.13. The molecule has 1 rings (SSSR count). The average Bonchev–Trinajstić information content (AvgIpc) is 2.17. The van der Waals surface area contributed by atoms with E-state index >= 15 is 0 Å². The second kappa shape index (κ2) is 2.41. The number of aromatic nitrogens is 3. The highest BCUT2D eigenvalue weighted by Crippen LogP contribution is 1.96. The summed E-state index contributed by atoms with van der Waals surface area (Å²) in [5, 5.41) is 3.95. The molecule has 62 valence electrons. The van der Waals surface area contributed by atoms with Crippen LogP contribution in [0.2, 0.25) is 0 Å². The van der Waals surface area contributed by atoms with Gasteiger partial charge in [-0.15, -0.1) is 0 Å². The van der Waals surface area contributed by atoms with Crippen molar-refractivity contribution < 1.29 is 0 Å². The van der Waals surface area contributed by atoms with Crippen LogP contribution in [0.1, 0.15) is 25.7 Å². The molecule has 5 heteroatoms. The van der Waals surface area contributed by atoms with Gasteiger partial charge in [0.05, 0.1) is 6.04 Å². The Morgan fingerprint density at radius 2 is 2.09 bits per heavy atom. The van der Waals surface area contributed by atoms with E-state index in [0.29, 0.717) is 5.82 Å². The number of rotatable bonds is 1. The molecule has 0 aliphatic heterocycles. The highest BCUT2D eigenvalue weighted by Gasteiger charge is 2.08. The van der Waals surface area contributed by atoms with Crippen LogP contribution >= 0.6 is 0 Å². The summed E-state index contributed by atoms with van der Waals surface area (Å²) in [7, 11) is 0. The van der Waals surface area contributed by atoms with Crippen molar-refractivity contribution in [2.24, 2.45) is 0 Å². The summed E-state index contributed by atoms with van der Waals surface area (Å²) < 4.78 is 2.40. The maximum Gasteiger partial charge on any atom is 0.364 e. The smallest absolute Gasteiger partial charge is 0.333 e. The third-order valence-electron chi connectivity index (χ3n) is 1.49. The SMILES string of the molecule is Cc1nn(C(C)C)c(=O)n1N. The van der Waals surface area contributed by atoms with Gasteiger partial charge in [-0.2, -0.15) is 9.77 Å². The Morgan fingerprint density at radius 3 is 2.27 bits per heavy atom. The van der Waals surface area contributed by atoms with Gasteiger partial charge in [0.25, 0.3) is 0 Å². The van der Waals surface area contributed by atoms with Crippen LogP contribution in [0.15, 0.2) is 4.79 Å². The molecular formula is C6H12N4O. The number of hydrogen-bond acceptors (Lipinski definition) is 3. The van der Waals surface area contributed by atoms with Gasteiger partial charge in [-0.05, 0) is 20.8 Å². The van der Waals surface area contributed by atoms with Gasteiger partial charge in [-0.3, -0.25) is 0 Å². The van der Waals surface area contributed by atoms with E-state index in [1.807, 2.05) is 13.8 Å². The van der Waals surface area contributed by atoms with Crippen LogP contribution in [0.25, 0.3) is 0 Å². The standard InChI is InChI=1S/C6H12N4O/c1-4(2)10-6(11)9(7)5(3)8-10/h4H,7H2,1-3H3. The van der Waals surface area contributed by atoms with Crippen LogP contribution in [0.4, 0.5) is 0 Å². The van der Waals surface area contributed by atoms with Crippen LogP contribution in [-0.2, 0) is 0 Å². The first-order chi connectivity index (χ1) is 5.04. The van der Waals surface area contributed by atoms with Crippen LogP contribution in [0, 0.1) is 6.92 Å². The molecule has 11 heavy (non-hydrogen) atoms. The Kier molecular flexibility index (Phi) is 1.72. The van der Waals surface area contributed by atoms with E-state index < -0.39 is 0 Å². The molecule has 0 saturated carbocycles. The molecule has 0 bridgehead atoms. The van der Waals surface area contributed by atoms with Gasteiger partial charge in [0, 0.05) is 0 Å². The van der Waals surface area contributed by atoms with Crippen molar-refractivity contribution in [2.45, 2.75) is 26.8 Å². The minimum atomic E-state index is -0.266. The first kappa shape index (κ1) is 7.84. The molecule has 0 spiro atoms. The summed E-state index contributed by atoms with van der Waals surface area (Å²) in [5.41, 5.74) is -0.266. The third-order valence-corrected chi connectivity index (χ3v) is 1.49. The summed E-state index contributed by atoms with van der Waals surface area (Å²) in [5.74, 6) is 5.89. The van der Waals surface area contributed by atoms with Crippen molar-refractivity contribution in [3.05, 3.63) is 16.3 Å². The van der Waals surface area contributed by atoms with E-state index in [1.54, 1.807) is 6.92 Å². The molecule has 0 unspecified atom stereocenters. The van der Waals surface area contributed by atoms with E-state index in [4.69, 9.17) is 5.84 Å². The van der Waals surface area contributed by atoms with Gasteiger partial charge in [0.2, 0.25) is 0 Å². The molecule has 2 N–H and O–H groups in total. The summed E-state index contributed by atoms with van der Waals surface area (Å²) >= 11 is 0. The molecule has 0 amide bonds. The summed E-state index contributed by atoms with van der Waals surface area (Å²) in [6.07, 6.45) is 0. The highest BCUT2D eigenvalue weighted by molar-refractivity contribution is 4.83. The first-order valence-corrected chi connectivity index (χ1v) is 3.47. The minimum absolute atomic E-state index is 0.0611.